The van der Waals surface area contributed by atoms with Gasteiger partial charge in [-0.05, 0) is 11.5 Å². The van der Waals surface area contributed by atoms with Crippen LogP contribution in [0.15, 0.2) is 42.2 Å². The van der Waals surface area contributed by atoms with Gasteiger partial charge in [-0.3, -0.25) is 0 Å². The Kier molecular flexibility index (Phi) is 2.66. The van der Waals surface area contributed by atoms with Crippen molar-refractivity contribution in [1.29, 1.82) is 0 Å². The minimum absolute atomic E-state index is 0.182. The summed E-state index contributed by atoms with van der Waals surface area (Å²) in [6.45, 7) is 3.92. The van der Waals surface area contributed by atoms with E-state index >= 15 is 0 Å². The van der Waals surface area contributed by atoms with Crippen molar-refractivity contribution in [3.8, 4) is 0 Å². The van der Waals surface area contributed by atoms with Crippen LogP contribution in [-0.4, -0.2) is 0 Å². The summed E-state index contributed by atoms with van der Waals surface area (Å²) in [5.41, 5.74) is 0.530. The van der Waals surface area contributed by atoms with Crippen molar-refractivity contribution in [2.24, 2.45) is 5.41 Å². The predicted molar refractivity (Wildman–Crippen MR) is 62.0 cm³/mol. The van der Waals surface area contributed by atoms with Crippen molar-refractivity contribution in [2.75, 3.05) is 0 Å². The van der Waals surface area contributed by atoms with Crippen LogP contribution in [0.3, 0.4) is 0 Å². The van der Waals surface area contributed by atoms with Crippen molar-refractivity contribution in [2.45, 2.75) is 20.3 Å². The second-order valence-electron chi connectivity index (χ2n) is 4.80. The Bertz CT molecular complexity index is 467. The highest BCUT2D eigenvalue weighted by Crippen LogP contribution is 2.38. The summed E-state index contributed by atoms with van der Waals surface area (Å²) >= 11 is 0. The molecule has 0 spiro atoms. The molecule has 2 heteroatoms. The fraction of sp³-hybridized carbons (Fsp3) is 0.286. The molecule has 0 fully saturated rings. The van der Waals surface area contributed by atoms with E-state index < -0.39 is 0 Å². The molecule has 1 aliphatic carbocycles. The van der Waals surface area contributed by atoms with E-state index in [1.54, 1.807) is 24.3 Å². The van der Waals surface area contributed by atoms with Crippen molar-refractivity contribution in [1.82, 2.24) is 0 Å². The highest BCUT2D eigenvalue weighted by molar-refractivity contribution is 5.77. The highest BCUT2D eigenvalue weighted by atomic mass is 19.1. The second kappa shape index (κ2) is 3.85. The Labute approximate surface area is 94.3 Å². The van der Waals surface area contributed by atoms with Crippen LogP contribution < -0.4 is 0 Å². The maximum absolute atomic E-state index is 13.9. The fourth-order valence-electron chi connectivity index (χ4n) is 1.87. The predicted octanol–water partition coefficient (Wildman–Crippen LogP) is 4.49. The first-order valence-corrected chi connectivity index (χ1v) is 5.32. The molecule has 0 heterocycles. The summed E-state index contributed by atoms with van der Waals surface area (Å²) in [6, 6.07) is 6.27. The van der Waals surface area contributed by atoms with Crippen molar-refractivity contribution >= 4 is 5.57 Å². The van der Waals surface area contributed by atoms with E-state index in [9.17, 15) is 8.78 Å². The SMILES string of the molecule is CC1(C)C=CC(c2ccccc2F)=C(F)C1. The van der Waals surface area contributed by atoms with E-state index in [0.29, 0.717) is 17.6 Å². The molecule has 0 saturated heterocycles. The van der Waals surface area contributed by atoms with E-state index in [1.165, 1.54) is 6.07 Å². The first-order chi connectivity index (χ1) is 7.49. The maximum Gasteiger partial charge on any atom is 0.131 e. The van der Waals surface area contributed by atoms with Gasteiger partial charge in [-0.15, -0.1) is 0 Å². The molecule has 0 N–H and O–H groups in total. The maximum atomic E-state index is 13.9. The third kappa shape index (κ3) is 2.06. The molecule has 0 bridgehead atoms. The van der Waals surface area contributed by atoms with Gasteiger partial charge >= 0.3 is 0 Å². The number of rotatable bonds is 1. The van der Waals surface area contributed by atoms with E-state index in [2.05, 4.69) is 0 Å². The molecule has 0 nitrogen and oxygen atoms in total. The molecule has 0 aliphatic heterocycles. The van der Waals surface area contributed by atoms with Crippen LogP contribution in [0.5, 0.6) is 0 Å². The molecule has 1 aliphatic rings. The minimum Gasteiger partial charge on any atom is -0.211 e. The lowest BCUT2D eigenvalue weighted by Crippen LogP contribution is -2.11. The molecule has 2 rings (SSSR count). The van der Waals surface area contributed by atoms with Gasteiger partial charge < -0.3 is 0 Å². The van der Waals surface area contributed by atoms with Crippen LogP contribution in [0.25, 0.3) is 5.57 Å². The van der Waals surface area contributed by atoms with Crippen LogP contribution >= 0.6 is 0 Å². The first kappa shape index (κ1) is 11.1. The van der Waals surface area contributed by atoms with Gasteiger partial charge in [-0.2, -0.15) is 0 Å². The Morgan fingerprint density at radius 2 is 1.81 bits per heavy atom. The van der Waals surface area contributed by atoms with Gasteiger partial charge in [0.05, 0.1) is 0 Å². The highest BCUT2D eigenvalue weighted by Gasteiger charge is 2.24. The lowest BCUT2D eigenvalue weighted by molar-refractivity contribution is 0.415. The van der Waals surface area contributed by atoms with Gasteiger partial charge in [0.25, 0.3) is 0 Å². The fourth-order valence-corrected chi connectivity index (χ4v) is 1.87. The van der Waals surface area contributed by atoms with Crippen molar-refractivity contribution in [3.05, 3.63) is 53.6 Å². The van der Waals surface area contributed by atoms with Crippen molar-refractivity contribution < 1.29 is 8.78 Å². The molecular formula is C14H14F2. The number of hydrogen-bond acceptors (Lipinski definition) is 0. The standard InChI is InChI=1S/C14H14F2/c1-14(2)8-7-11(13(16)9-14)10-5-3-4-6-12(10)15/h3-8H,9H2,1-2H3. The largest absolute Gasteiger partial charge is 0.211 e. The Morgan fingerprint density at radius 1 is 1.12 bits per heavy atom. The average molecular weight is 220 g/mol. The number of hydrogen-bond donors (Lipinski definition) is 0. The Balaban J connectivity index is 2.45. The molecule has 0 atom stereocenters. The second-order valence-corrected chi connectivity index (χ2v) is 4.80. The van der Waals surface area contributed by atoms with Crippen molar-refractivity contribution in [3.63, 3.8) is 0 Å². The molecular weight excluding hydrogens is 206 g/mol. The molecule has 0 amide bonds. The topological polar surface area (TPSA) is 0 Å². The van der Waals surface area contributed by atoms with Gasteiger partial charge in [-0.25, -0.2) is 8.78 Å². The normalized spacial score (nSPS) is 19.0. The van der Waals surface area contributed by atoms with Gasteiger partial charge in [-0.1, -0.05) is 44.2 Å². The Hall–Kier alpha value is -1.44. The van der Waals surface area contributed by atoms with E-state index in [-0.39, 0.29) is 17.1 Å². The lowest BCUT2D eigenvalue weighted by Gasteiger charge is -2.24. The first-order valence-electron chi connectivity index (χ1n) is 5.32. The van der Waals surface area contributed by atoms with Crippen LogP contribution in [0.2, 0.25) is 0 Å². The smallest absolute Gasteiger partial charge is 0.131 e. The minimum atomic E-state index is -0.378. The van der Waals surface area contributed by atoms with Gasteiger partial charge in [0.15, 0.2) is 0 Å². The molecule has 1 aromatic carbocycles. The summed E-state index contributed by atoms with van der Waals surface area (Å²) in [4.78, 5) is 0. The number of benzene rings is 1. The number of allylic oxidation sites excluding steroid dienone is 4. The van der Waals surface area contributed by atoms with Crippen LogP contribution in [0.1, 0.15) is 25.8 Å². The molecule has 84 valence electrons. The monoisotopic (exact) mass is 220 g/mol. The third-order valence-corrected chi connectivity index (χ3v) is 2.77. The van der Waals surface area contributed by atoms with E-state index in [0.717, 1.165) is 0 Å². The zero-order valence-electron chi connectivity index (χ0n) is 9.43. The quantitative estimate of drug-likeness (QED) is 0.654. The van der Waals surface area contributed by atoms with Gasteiger partial charge in [0.2, 0.25) is 0 Å². The molecule has 0 aromatic heterocycles. The van der Waals surface area contributed by atoms with Gasteiger partial charge in [0.1, 0.15) is 11.6 Å². The average Bonchev–Trinajstić information content (AvgIpc) is 2.18. The summed E-state index contributed by atoms with van der Waals surface area (Å²) in [7, 11) is 0. The zero-order valence-corrected chi connectivity index (χ0v) is 9.43. The molecule has 0 saturated carbocycles. The third-order valence-electron chi connectivity index (χ3n) is 2.77. The summed E-state index contributed by atoms with van der Waals surface area (Å²) in [6.07, 6.45) is 3.93. The van der Waals surface area contributed by atoms with E-state index in [1.807, 2.05) is 19.9 Å². The lowest BCUT2D eigenvalue weighted by atomic mass is 9.82. The summed E-state index contributed by atoms with van der Waals surface area (Å²) < 4.78 is 27.4. The van der Waals surface area contributed by atoms with E-state index in [4.69, 9.17) is 0 Å². The zero-order chi connectivity index (χ0) is 11.8. The summed E-state index contributed by atoms with van der Waals surface area (Å²) in [5, 5.41) is 0. The van der Waals surface area contributed by atoms with Gasteiger partial charge in [0, 0.05) is 17.6 Å². The van der Waals surface area contributed by atoms with Crippen LogP contribution in [-0.2, 0) is 0 Å². The Morgan fingerprint density at radius 3 is 2.44 bits per heavy atom. The van der Waals surface area contributed by atoms with Crippen LogP contribution in [0, 0.1) is 11.2 Å². The van der Waals surface area contributed by atoms with Crippen LogP contribution in [0.4, 0.5) is 8.78 Å². The molecule has 0 unspecified atom stereocenters. The molecule has 16 heavy (non-hydrogen) atoms. The molecule has 0 radical (unpaired) electrons. The molecule has 1 aromatic rings. The summed E-state index contributed by atoms with van der Waals surface area (Å²) in [5.74, 6) is -0.616. The number of halogens is 2.